The first kappa shape index (κ1) is 12.8. The molecular formula is C15H20N2O. The Morgan fingerprint density at radius 3 is 3.11 bits per heavy atom. The van der Waals surface area contributed by atoms with Gasteiger partial charge in [0.2, 0.25) is 0 Å². The maximum atomic E-state index is 12.0. The summed E-state index contributed by atoms with van der Waals surface area (Å²) in [4.78, 5) is 12.0. The van der Waals surface area contributed by atoms with Crippen LogP contribution in [0.15, 0.2) is 29.8 Å². The molecule has 1 amide bonds. The number of hydrogen-bond donors (Lipinski definition) is 2. The number of amides is 1. The third-order valence-electron chi connectivity index (χ3n) is 3.26. The van der Waals surface area contributed by atoms with Crippen LogP contribution in [0.1, 0.15) is 31.4 Å². The second kappa shape index (κ2) is 5.83. The van der Waals surface area contributed by atoms with Gasteiger partial charge in [0.25, 0.3) is 5.91 Å². The molecular weight excluding hydrogens is 224 g/mol. The van der Waals surface area contributed by atoms with E-state index in [1.165, 1.54) is 11.1 Å². The van der Waals surface area contributed by atoms with Gasteiger partial charge in [-0.15, -0.1) is 0 Å². The number of carbonyl (C=O) groups excluding carboxylic acids is 1. The van der Waals surface area contributed by atoms with E-state index in [1.54, 1.807) is 0 Å². The Morgan fingerprint density at radius 2 is 2.33 bits per heavy atom. The third kappa shape index (κ3) is 2.79. The fourth-order valence-corrected chi connectivity index (χ4v) is 2.27. The first-order chi connectivity index (χ1) is 8.72. The van der Waals surface area contributed by atoms with E-state index in [1.807, 2.05) is 32.1 Å². The van der Waals surface area contributed by atoms with Crippen molar-refractivity contribution in [1.29, 1.82) is 0 Å². The largest absolute Gasteiger partial charge is 0.322 e. The molecule has 0 fully saturated rings. The standard InChI is InChI=1S/C15H20N2O/c1-3-5-11(2)15(18)17-14-7-4-6-12-10-16-9-8-13(12)14/h4-7,16H,3,8-10H2,1-2H3,(H,17,18)/b11-5-. The van der Waals surface area contributed by atoms with Crippen molar-refractivity contribution < 1.29 is 4.79 Å². The normalized spacial score (nSPS) is 15.1. The smallest absolute Gasteiger partial charge is 0.250 e. The molecule has 0 unspecified atom stereocenters. The highest BCUT2D eigenvalue weighted by molar-refractivity contribution is 6.03. The second-order valence-electron chi connectivity index (χ2n) is 4.62. The summed E-state index contributed by atoms with van der Waals surface area (Å²) >= 11 is 0. The zero-order valence-corrected chi connectivity index (χ0v) is 11.0. The molecule has 1 heterocycles. The third-order valence-corrected chi connectivity index (χ3v) is 3.26. The number of allylic oxidation sites excluding steroid dienone is 1. The monoisotopic (exact) mass is 244 g/mol. The van der Waals surface area contributed by atoms with Crippen LogP contribution in [0.2, 0.25) is 0 Å². The number of anilines is 1. The fraction of sp³-hybridized carbons (Fsp3) is 0.400. The van der Waals surface area contributed by atoms with Gasteiger partial charge in [-0.25, -0.2) is 0 Å². The van der Waals surface area contributed by atoms with Crippen molar-refractivity contribution in [2.24, 2.45) is 0 Å². The highest BCUT2D eigenvalue weighted by atomic mass is 16.1. The lowest BCUT2D eigenvalue weighted by Crippen LogP contribution is -2.25. The van der Waals surface area contributed by atoms with Gasteiger partial charge in [-0.1, -0.05) is 25.1 Å². The molecule has 2 rings (SSSR count). The molecule has 0 radical (unpaired) electrons. The number of nitrogens with one attached hydrogen (secondary N) is 2. The van der Waals surface area contributed by atoms with E-state index in [2.05, 4.69) is 16.7 Å². The molecule has 0 saturated heterocycles. The van der Waals surface area contributed by atoms with Crippen LogP contribution in [0.25, 0.3) is 0 Å². The average molecular weight is 244 g/mol. The zero-order valence-electron chi connectivity index (χ0n) is 11.0. The Balaban J connectivity index is 2.19. The maximum absolute atomic E-state index is 12.0. The van der Waals surface area contributed by atoms with Gasteiger partial charge in [-0.05, 0) is 43.5 Å². The Labute approximate surface area is 108 Å². The summed E-state index contributed by atoms with van der Waals surface area (Å²) in [6, 6.07) is 6.10. The molecule has 3 nitrogen and oxygen atoms in total. The summed E-state index contributed by atoms with van der Waals surface area (Å²) in [5.41, 5.74) is 4.30. The van der Waals surface area contributed by atoms with E-state index in [0.29, 0.717) is 0 Å². The molecule has 0 spiro atoms. The lowest BCUT2D eigenvalue weighted by Gasteiger charge is -2.20. The van der Waals surface area contributed by atoms with E-state index in [0.717, 1.165) is 37.2 Å². The molecule has 0 saturated carbocycles. The van der Waals surface area contributed by atoms with Crippen LogP contribution in [0, 0.1) is 0 Å². The Kier molecular flexibility index (Phi) is 4.15. The summed E-state index contributed by atoms with van der Waals surface area (Å²) in [5, 5.41) is 6.36. The molecule has 1 aromatic rings. The highest BCUT2D eigenvalue weighted by Crippen LogP contribution is 2.23. The summed E-state index contributed by atoms with van der Waals surface area (Å²) in [5.74, 6) is 0.00350. The van der Waals surface area contributed by atoms with Gasteiger partial charge in [0.05, 0.1) is 0 Å². The second-order valence-corrected chi connectivity index (χ2v) is 4.62. The highest BCUT2D eigenvalue weighted by Gasteiger charge is 2.14. The Hall–Kier alpha value is -1.61. The van der Waals surface area contributed by atoms with Crippen molar-refractivity contribution in [1.82, 2.24) is 5.32 Å². The van der Waals surface area contributed by atoms with Gasteiger partial charge >= 0.3 is 0 Å². The minimum atomic E-state index is 0.00350. The first-order valence-electron chi connectivity index (χ1n) is 6.52. The van der Waals surface area contributed by atoms with Crippen LogP contribution >= 0.6 is 0 Å². The zero-order chi connectivity index (χ0) is 13.0. The molecule has 3 heteroatoms. The van der Waals surface area contributed by atoms with E-state index in [9.17, 15) is 4.79 Å². The fourth-order valence-electron chi connectivity index (χ4n) is 2.27. The van der Waals surface area contributed by atoms with Gasteiger partial charge in [-0.3, -0.25) is 4.79 Å². The number of rotatable bonds is 3. The van der Waals surface area contributed by atoms with E-state index < -0.39 is 0 Å². The van der Waals surface area contributed by atoms with Crippen molar-refractivity contribution in [2.45, 2.75) is 33.2 Å². The van der Waals surface area contributed by atoms with Gasteiger partial charge in [0, 0.05) is 17.8 Å². The van der Waals surface area contributed by atoms with Crippen molar-refractivity contribution in [3.8, 4) is 0 Å². The molecule has 96 valence electrons. The predicted molar refractivity (Wildman–Crippen MR) is 74.5 cm³/mol. The first-order valence-corrected chi connectivity index (χ1v) is 6.52. The average Bonchev–Trinajstić information content (AvgIpc) is 2.39. The molecule has 0 aliphatic carbocycles. The Morgan fingerprint density at radius 1 is 1.50 bits per heavy atom. The summed E-state index contributed by atoms with van der Waals surface area (Å²) in [7, 11) is 0. The maximum Gasteiger partial charge on any atom is 0.250 e. The van der Waals surface area contributed by atoms with Crippen molar-refractivity contribution >= 4 is 11.6 Å². The number of hydrogen-bond acceptors (Lipinski definition) is 2. The number of carbonyl (C=O) groups is 1. The van der Waals surface area contributed by atoms with E-state index in [4.69, 9.17) is 0 Å². The Bertz CT molecular complexity index is 477. The molecule has 0 bridgehead atoms. The molecule has 1 aromatic carbocycles. The van der Waals surface area contributed by atoms with Gasteiger partial charge in [0.15, 0.2) is 0 Å². The van der Waals surface area contributed by atoms with Crippen LogP contribution in [0.3, 0.4) is 0 Å². The van der Waals surface area contributed by atoms with Crippen molar-refractivity contribution in [3.63, 3.8) is 0 Å². The number of benzene rings is 1. The van der Waals surface area contributed by atoms with Gasteiger partial charge in [0.1, 0.15) is 0 Å². The quantitative estimate of drug-likeness (QED) is 0.802. The molecule has 0 atom stereocenters. The molecule has 1 aliphatic heterocycles. The minimum absolute atomic E-state index is 0.00350. The van der Waals surface area contributed by atoms with E-state index in [-0.39, 0.29) is 5.91 Å². The van der Waals surface area contributed by atoms with Crippen LogP contribution in [0.4, 0.5) is 5.69 Å². The molecule has 18 heavy (non-hydrogen) atoms. The van der Waals surface area contributed by atoms with Crippen molar-refractivity contribution in [3.05, 3.63) is 41.0 Å². The lowest BCUT2D eigenvalue weighted by atomic mass is 9.99. The lowest BCUT2D eigenvalue weighted by molar-refractivity contribution is -0.112. The van der Waals surface area contributed by atoms with Crippen LogP contribution < -0.4 is 10.6 Å². The molecule has 2 N–H and O–H groups in total. The van der Waals surface area contributed by atoms with Gasteiger partial charge in [-0.2, -0.15) is 0 Å². The van der Waals surface area contributed by atoms with Crippen LogP contribution in [0.5, 0.6) is 0 Å². The van der Waals surface area contributed by atoms with Crippen molar-refractivity contribution in [2.75, 3.05) is 11.9 Å². The SMILES string of the molecule is CC/C=C(/C)C(=O)Nc1cccc2c1CCNC2. The van der Waals surface area contributed by atoms with Crippen LogP contribution in [-0.4, -0.2) is 12.5 Å². The molecule has 0 aromatic heterocycles. The van der Waals surface area contributed by atoms with E-state index >= 15 is 0 Å². The predicted octanol–water partition coefficient (Wildman–Crippen LogP) is 2.63. The summed E-state index contributed by atoms with van der Waals surface area (Å²) < 4.78 is 0. The summed E-state index contributed by atoms with van der Waals surface area (Å²) in [6.45, 7) is 5.76. The van der Waals surface area contributed by atoms with Crippen LogP contribution in [-0.2, 0) is 17.8 Å². The molecule has 1 aliphatic rings. The topological polar surface area (TPSA) is 41.1 Å². The summed E-state index contributed by atoms with van der Waals surface area (Å²) in [6.07, 6.45) is 3.81. The van der Waals surface area contributed by atoms with Gasteiger partial charge < -0.3 is 10.6 Å². The minimum Gasteiger partial charge on any atom is -0.322 e. The number of fused-ring (bicyclic) bond motifs is 1.